The van der Waals surface area contributed by atoms with Gasteiger partial charge in [-0.15, -0.1) is 0 Å². The zero-order chi connectivity index (χ0) is 9.80. The van der Waals surface area contributed by atoms with Gasteiger partial charge >= 0.3 is 0 Å². The van der Waals surface area contributed by atoms with Gasteiger partial charge in [0.2, 0.25) is 0 Å². The summed E-state index contributed by atoms with van der Waals surface area (Å²) in [6, 6.07) is 13.2. The van der Waals surface area contributed by atoms with Crippen LogP contribution in [0.5, 0.6) is 0 Å². The Balaban J connectivity index is 2.00. The fourth-order valence-electron chi connectivity index (χ4n) is 1.94. The molecule has 2 atom stereocenters. The lowest BCUT2D eigenvalue weighted by Crippen LogP contribution is -2.32. The monoisotopic (exact) mass is 186 g/mol. The van der Waals surface area contributed by atoms with Crippen molar-refractivity contribution >= 4 is 0 Å². The van der Waals surface area contributed by atoms with Crippen molar-refractivity contribution in [3.05, 3.63) is 35.9 Å². The maximum atomic E-state index is 8.76. The minimum atomic E-state index is 0.204. The molecule has 1 fully saturated rings. The van der Waals surface area contributed by atoms with Gasteiger partial charge < -0.3 is 5.32 Å². The molecule has 0 saturated carbocycles. The van der Waals surface area contributed by atoms with Crippen LogP contribution >= 0.6 is 0 Å². The summed E-state index contributed by atoms with van der Waals surface area (Å²) in [4.78, 5) is 0. The first-order valence-electron chi connectivity index (χ1n) is 5.08. The summed E-state index contributed by atoms with van der Waals surface area (Å²) in [5.41, 5.74) is 1.34. The molecule has 2 rings (SSSR count). The second kappa shape index (κ2) is 4.26. The Labute approximate surface area is 84.6 Å². The topological polar surface area (TPSA) is 35.8 Å². The van der Waals surface area contributed by atoms with Crippen molar-refractivity contribution in [2.75, 3.05) is 6.54 Å². The first kappa shape index (κ1) is 9.23. The summed E-state index contributed by atoms with van der Waals surface area (Å²) in [6.45, 7) is 0.829. The summed E-state index contributed by atoms with van der Waals surface area (Å²) in [7, 11) is 0. The van der Waals surface area contributed by atoms with E-state index in [1.807, 2.05) is 6.07 Å². The molecule has 1 N–H and O–H groups in total. The molecule has 2 heteroatoms. The molecule has 0 aliphatic carbocycles. The largest absolute Gasteiger partial charge is 0.309 e. The summed E-state index contributed by atoms with van der Waals surface area (Å²) in [5, 5.41) is 12.2. The number of hydrogen-bond acceptors (Lipinski definition) is 2. The average Bonchev–Trinajstić information content (AvgIpc) is 2.30. The van der Waals surface area contributed by atoms with Gasteiger partial charge in [0.1, 0.15) is 0 Å². The fourth-order valence-corrected chi connectivity index (χ4v) is 1.94. The SMILES string of the molecule is N#CC1CCC(c2ccccc2)NC1. The predicted molar refractivity (Wildman–Crippen MR) is 55.5 cm³/mol. The zero-order valence-corrected chi connectivity index (χ0v) is 8.11. The number of hydrogen-bond donors (Lipinski definition) is 1. The molecular weight excluding hydrogens is 172 g/mol. The first-order valence-corrected chi connectivity index (χ1v) is 5.08. The molecule has 2 nitrogen and oxygen atoms in total. The Hall–Kier alpha value is -1.33. The number of rotatable bonds is 1. The van der Waals surface area contributed by atoms with E-state index in [0.29, 0.717) is 6.04 Å². The molecule has 1 aliphatic rings. The normalized spacial score (nSPS) is 26.8. The van der Waals surface area contributed by atoms with E-state index in [-0.39, 0.29) is 5.92 Å². The average molecular weight is 186 g/mol. The van der Waals surface area contributed by atoms with Gasteiger partial charge in [0.25, 0.3) is 0 Å². The number of nitrogens with zero attached hydrogens (tertiary/aromatic N) is 1. The highest BCUT2D eigenvalue weighted by molar-refractivity contribution is 5.19. The molecule has 1 aromatic rings. The third-order valence-electron chi connectivity index (χ3n) is 2.80. The Kier molecular flexibility index (Phi) is 2.81. The van der Waals surface area contributed by atoms with Crippen molar-refractivity contribution < 1.29 is 0 Å². The van der Waals surface area contributed by atoms with Crippen molar-refractivity contribution in [1.29, 1.82) is 5.26 Å². The minimum absolute atomic E-state index is 0.204. The van der Waals surface area contributed by atoms with E-state index in [2.05, 4.69) is 35.7 Å². The number of piperidine rings is 1. The maximum absolute atomic E-state index is 8.76. The lowest BCUT2D eigenvalue weighted by atomic mass is 9.92. The number of benzene rings is 1. The molecule has 0 spiro atoms. The van der Waals surface area contributed by atoms with Crippen molar-refractivity contribution in [3.63, 3.8) is 0 Å². The van der Waals surface area contributed by atoms with Crippen molar-refractivity contribution in [2.45, 2.75) is 18.9 Å². The predicted octanol–water partition coefficient (Wildman–Crippen LogP) is 2.25. The lowest BCUT2D eigenvalue weighted by Gasteiger charge is -2.26. The summed E-state index contributed by atoms with van der Waals surface area (Å²) in [6.07, 6.45) is 2.09. The van der Waals surface area contributed by atoms with E-state index in [1.165, 1.54) is 5.56 Å². The lowest BCUT2D eigenvalue weighted by molar-refractivity contribution is 0.362. The van der Waals surface area contributed by atoms with Crippen LogP contribution in [0.4, 0.5) is 0 Å². The summed E-state index contributed by atoms with van der Waals surface area (Å²) < 4.78 is 0. The third-order valence-corrected chi connectivity index (χ3v) is 2.80. The summed E-state index contributed by atoms with van der Waals surface area (Å²) >= 11 is 0. The molecule has 1 aliphatic heterocycles. The van der Waals surface area contributed by atoms with E-state index in [0.717, 1.165) is 19.4 Å². The van der Waals surface area contributed by atoms with Crippen molar-refractivity contribution in [1.82, 2.24) is 5.32 Å². The Morgan fingerprint density at radius 1 is 1.21 bits per heavy atom. The van der Waals surface area contributed by atoms with E-state index in [4.69, 9.17) is 5.26 Å². The van der Waals surface area contributed by atoms with Crippen LogP contribution in [0.15, 0.2) is 30.3 Å². The molecule has 14 heavy (non-hydrogen) atoms. The molecule has 0 amide bonds. The number of nitriles is 1. The molecule has 0 bridgehead atoms. The quantitative estimate of drug-likeness (QED) is 0.730. The van der Waals surface area contributed by atoms with E-state index in [1.54, 1.807) is 0 Å². The highest BCUT2D eigenvalue weighted by atomic mass is 14.9. The van der Waals surface area contributed by atoms with E-state index in [9.17, 15) is 0 Å². The van der Waals surface area contributed by atoms with Gasteiger partial charge in [-0.05, 0) is 18.4 Å². The van der Waals surface area contributed by atoms with Gasteiger partial charge in [0, 0.05) is 12.6 Å². The highest BCUT2D eigenvalue weighted by Crippen LogP contribution is 2.24. The molecule has 1 aromatic carbocycles. The smallest absolute Gasteiger partial charge is 0.0669 e. The van der Waals surface area contributed by atoms with Gasteiger partial charge in [-0.2, -0.15) is 5.26 Å². The molecule has 2 unspecified atom stereocenters. The van der Waals surface area contributed by atoms with Gasteiger partial charge in [-0.1, -0.05) is 30.3 Å². The molecular formula is C12H14N2. The zero-order valence-electron chi connectivity index (χ0n) is 8.11. The highest BCUT2D eigenvalue weighted by Gasteiger charge is 2.20. The Morgan fingerprint density at radius 3 is 2.57 bits per heavy atom. The van der Waals surface area contributed by atoms with Crippen LogP contribution < -0.4 is 5.32 Å². The molecule has 0 radical (unpaired) electrons. The standard InChI is InChI=1S/C12H14N2/c13-8-10-6-7-12(14-9-10)11-4-2-1-3-5-11/h1-5,10,12,14H,6-7,9H2. The Bertz CT molecular complexity index is 318. The van der Waals surface area contributed by atoms with Crippen LogP contribution in [-0.4, -0.2) is 6.54 Å². The van der Waals surface area contributed by atoms with Crippen LogP contribution in [0.2, 0.25) is 0 Å². The third kappa shape index (κ3) is 1.94. The second-order valence-corrected chi connectivity index (χ2v) is 3.77. The van der Waals surface area contributed by atoms with Gasteiger partial charge in [0.05, 0.1) is 12.0 Å². The van der Waals surface area contributed by atoms with Gasteiger partial charge in [-0.3, -0.25) is 0 Å². The van der Waals surface area contributed by atoms with Crippen molar-refractivity contribution in [3.8, 4) is 6.07 Å². The molecule has 1 heterocycles. The van der Waals surface area contributed by atoms with E-state index < -0.39 is 0 Å². The first-order chi connectivity index (χ1) is 6.90. The van der Waals surface area contributed by atoms with Crippen LogP contribution in [0.25, 0.3) is 0 Å². The molecule has 72 valence electrons. The minimum Gasteiger partial charge on any atom is -0.309 e. The summed E-state index contributed by atoms with van der Waals surface area (Å²) in [5.74, 6) is 0.204. The van der Waals surface area contributed by atoms with E-state index >= 15 is 0 Å². The van der Waals surface area contributed by atoms with Gasteiger partial charge in [0.15, 0.2) is 0 Å². The maximum Gasteiger partial charge on any atom is 0.0669 e. The van der Waals surface area contributed by atoms with Crippen LogP contribution in [0.3, 0.4) is 0 Å². The fraction of sp³-hybridized carbons (Fsp3) is 0.417. The second-order valence-electron chi connectivity index (χ2n) is 3.77. The number of nitrogens with one attached hydrogen (secondary N) is 1. The van der Waals surface area contributed by atoms with Gasteiger partial charge in [-0.25, -0.2) is 0 Å². The van der Waals surface area contributed by atoms with Crippen LogP contribution in [0.1, 0.15) is 24.4 Å². The van der Waals surface area contributed by atoms with Crippen molar-refractivity contribution in [2.24, 2.45) is 5.92 Å². The Morgan fingerprint density at radius 2 is 2.00 bits per heavy atom. The van der Waals surface area contributed by atoms with Crippen LogP contribution in [-0.2, 0) is 0 Å². The molecule has 0 aromatic heterocycles. The molecule has 1 saturated heterocycles. The van der Waals surface area contributed by atoms with Crippen LogP contribution in [0, 0.1) is 17.2 Å².